The van der Waals surface area contributed by atoms with E-state index in [1.807, 2.05) is 0 Å². The van der Waals surface area contributed by atoms with Gasteiger partial charge in [0.15, 0.2) is 18.9 Å². The molecule has 342 valence electrons. The molecule has 0 aromatic carbocycles. The lowest BCUT2D eigenvalue weighted by Gasteiger charge is -2.58. The van der Waals surface area contributed by atoms with E-state index in [0.717, 1.165) is 43.1 Å². The van der Waals surface area contributed by atoms with Gasteiger partial charge in [-0.2, -0.15) is 0 Å². The van der Waals surface area contributed by atoms with Crippen molar-refractivity contribution in [3.63, 3.8) is 0 Å². The average molecular weight is 852 g/mol. The van der Waals surface area contributed by atoms with Gasteiger partial charge in [-0.05, 0) is 118 Å². The number of piperidine rings is 1. The van der Waals surface area contributed by atoms with Gasteiger partial charge in [0, 0.05) is 18.6 Å². The molecule has 5 saturated heterocycles. The van der Waals surface area contributed by atoms with E-state index in [-0.39, 0.29) is 11.5 Å². The zero-order chi connectivity index (χ0) is 42.7. The smallest absolute Gasteiger partial charge is 0.187 e. The zero-order valence-electron chi connectivity index (χ0n) is 36.2. The monoisotopic (exact) mass is 852 g/mol. The number of rotatable bonds is 7. The lowest BCUT2D eigenvalue weighted by Crippen LogP contribution is -2.66. The summed E-state index contributed by atoms with van der Waals surface area (Å²) >= 11 is 0. The van der Waals surface area contributed by atoms with Gasteiger partial charge in [-0.1, -0.05) is 39.3 Å². The highest BCUT2D eigenvalue weighted by atomic mass is 16.8. The molecule has 26 atom stereocenters. The Morgan fingerprint density at radius 2 is 1.33 bits per heavy atom. The predicted octanol–water partition coefficient (Wildman–Crippen LogP) is 1.18. The third-order valence-corrected chi connectivity index (χ3v) is 18.0. The summed E-state index contributed by atoms with van der Waals surface area (Å²) in [6.45, 7) is 13.7. The van der Waals surface area contributed by atoms with E-state index in [0.29, 0.717) is 35.6 Å². The Kier molecular flexibility index (Phi) is 12.2. The third kappa shape index (κ3) is 7.11. The minimum absolute atomic E-state index is 0.0360. The van der Waals surface area contributed by atoms with Gasteiger partial charge in [0.05, 0.1) is 24.9 Å². The summed E-state index contributed by atoms with van der Waals surface area (Å²) in [6, 6.07) is 1.45. The molecule has 0 spiro atoms. The van der Waals surface area contributed by atoms with Gasteiger partial charge in [0.25, 0.3) is 0 Å². The molecule has 0 aromatic heterocycles. The van der Waals surface area contributed by atoms with Crippen molar-refractivity contribution in [2.45, 2.75) is 210 Å². The van der Waals surface area contributed by atoms with Crippen molar-refractivity contribution in [3.05, 3.63) is 11.6 Å². The van der Waals surface area contributed by atoms with Crippen LogP contribution in [0, 0.1) is 46.3 Å². The molecule has 0 radical (unpaired) electrons. The molecule has 9 aliphatic rings. The van der Waals surface area contributed by atoms with Crippen molar-refractivity contribution in [1.29, 1.82) is 0 Å². The van der Waals surface area contributed by atoms with Crippen LogP contribution in [0.1, 0.15) is 99.3 Å². The molecule has 15 heteroatoms. The Labute approximate surface area is 354 Å². The topological polar surface area (TPSA) is 220 Å². The first-order valence-corrected chi connectivity index (χ1v) is 23.2. The summed E-state index contributed by atoms with van der Waals surface area (Å²) < 4.78 is 36.7. The Balaban J connectivity index is 0.927. The molecule has 3 saturated carbocycles. The second-order valence-electron chi connectivity index (χ2n) is 21.2. The van der Waals surface area contributed by atoms with Crippen LogP contribution in [0.15, 0.2) is 11.6 Å². The lowest BCUT2D eigenvalue weighted by molar-refractivity contribution is -0.388. The molecule has 9 rings (SSSR count). The van der Waals surface area contributed by atoms with E-state index < -0.39 is 98.7 Å². The largest absolute Gasteiger partial charge is 0.394 e. The molecular weight excluding hydrogens is 778 g/mol. The van der Waals surface area contributed by atoms with Crippen LogP contribution in [0.3, 0.4) is 0 Å². The third-order valence-electron chi connectivity index (χ3n) is 18.0. The van der Waals surface area contributed by atoms with Crippen LogP contribution in [0.25, 0.3) is 0 Å². The SMILES string of the molecule is C[C@H]1CC[C@@H]2[C@@H](C)[C@H]3[C@H](C[C@H]4[C@@H]5CC=C6C[C@@H](O[C@@H]7O[C@H](CO)[C@H](O[C@@H]8O[C@@H](C)[C@H](O)[C@@H](O)[C@H]8O)[C@H](O)[C@@H]7O[C@@H]7O[C@@H](C)[C@@H](O)[C@@H](O)[C@H]7O)CC[C@]6(C)[C@H]5CC[C@]34C)N2C1. The molecule has 4 aliphatic carbocycles. The minimum Gasteiger partial charge on any atom is -0.394 e. The number of aliphatic hydroxyl groups is 8. The van der Waals surface area contributed by atoms with E-state index in [4.69, 9.17) is 28.4 Å². The van der Waals surface area contributed by atoms with Crippen LogP contribution in [-0.2, 0) is 28.4 Å². The Morgan fingerprint density at radius 1 is 0.683 bits per heavy atom. The van der Waals surface area contributed by atoms with Crippen molar-refractivity contribution in [2.24, 2.45) is 46.3 Å². The molecule has 60 heavy (non-hydrogen) atoms. The number of nitrogens with zero attached hydrogens (tertiary/aromatic N) is 1. The highest BCUT2D eigenvalue weighted by Crippen LogP contribution is 2.70. The zero-order valence-corrected chi connectivity index (χ0v) is 36.2. The van der Waals surface area contributed by atoms with Crippen molar-refractivity contribution in [3.8, 4) is 0 Å². The summed E-state index contributed by atoms with van der Waals surface area (Å²) in [6.07, 6.45) is -9.14. The normalized spacial score (nSPS) is 58.1. The molecule has 5 heterocycles. The Morgan fingerprint density at radius 3 is 1.98 bits per heavy atom. The van der Waals surface area contributed by atoms with Gasteiger partial charge in [0.1, 0.15) is 61.0 Å². The van der Waals surface area contributed by atoms with Gasteiger partial charge in [-0.15, -0.1) is 0 Å². The summed E-state index contributed by atoms with van der Waals surface area (Å²) in [7, 11) is 0. The molecule has 5 aliphatic heterocycles. The van der Waals surface area contributed by atoms with E-state index in [9.17, 15) is 40.9 Å². The highest BCUT2D eigenvalue weighted by Gasteiger charge is 2.66. The van der Waals surface area contributed by atoms with Gasteiger partial charge < -0.3 is 69.3 Å². The molecule has 0 aromatic rings. The molecule has 8 fully saturated rings. The van der Waals surface area contributed by atoms with Gasteiger partial charge in [0.2, 0.25) is 0 Å². The van der Waals surface area contributed by atoms with Gasteiger partial charge in [-0.25, -0.2) is 0 Å². The van der Waals surface area contributed by atoms with Crippen molar-refractivity contribution < 1.29 is 69.3 Å². The summed E-state index contributed by atoms with van der Waals surface area (Å²) in [4.78, 5) is 2.95. The fraction of sp³-hybridized carbons (Fsp3) is 0.956. The number of hydrogen-bond donors (Lipinski definition) is 8. The van der Waals surface area contributed by atoms with E-state index in [1.54, 1.807) is 0 Å². The second kappa shape index (κ2) is 16.5. The molecule has 0 bridgehead atoms. The number of aliphatic hydroxyl groups excluding tert-OH is 8. The maximum Gasteiger partial charge on any atom is 0.187 e. The van der Waals surface area contributed by atoms with Crippen molar-refractivity contribution in [1.82, 2.24) is 4.90 Å². The molecular formula is C45H73NO14. The summed E-state index contributed by atoms with van der Waals surface area (Å²) in [5, 5.41) is 85.9. The summed E-state index contributed by atoms with van der Waals surface area (Å²) in [5.41, 5.74) is 1.80. The maximum absolute atomic E-state index is 12.0. The number of ether oxygens (including phenoxy) is 6. The molecule has 0 unspecified atom stereocenters. The quantitative estimate of drug-likeness (QED) is 0.169. The fourth-order valence-corrected chi connectivity index (χ4v) is 14.7. The van der Waals surface area contributed by atoms with Crippen LogP contribution < -0.4 is 0 Å². The van der Waals surface area contributed by atoms with Crippen LogP contribution >= 0.6 is 0 Å². The first kappa shape index (κ1) is 44.3. The highest BCUT2D eigenvalue weighted by molar-refractivity contribution is 5.27. The van der Waals surface area contributed by atoms with Crippen molar-refractivity contribution >= 4 is 0 Å². The number of hydrogen-bond acceptors (Lipinski definition) is 15. The molecule has 0 amide bonds. The van der Waals surface area contributed by atoms with E-state index >= 15 is 0 Å². The minimum atomic E-state index is -1.70. The number of allylic oxidation sites excluding steroid dienone is 1. The van der Waals surface area contributed by atoms with Gasteiger partial charge in [-0.3, -0.25) is 4.90 Å². The predicted molar refractivity (Wildman–Crippen MR) is 214 cm³/mol. The number of fused-ring (bicyclic) bond motifs is 9. The second-order valence-corrected chi connectivity index (χ2v) is 21.2. The van der Waals surface area contributed by atoms with Crippen LogP contribution in [0.5, 0.6) is 0 Å². The van der Waals surface area contributed by atoms with E-state index in [2.05, 4.69) is 38.7 Å². The lowest BCUT2D eigenvalue weighted by atomic mass is 9.47. The standard InChI is InChI=1S/C45H73NO14/c1-19-7-10-28-20(2)31-29(46(28)17-19)16-27-25-9-8-23-15-24(11-13-44(23,5)26(25)12-14-45(27,31)6)57-43-40(60-42-37(53)35(51)33(49)22(4)56-42)38(54)39(30(18-47)58-43)59-41-36(52)34(50)32(48)21(3)55-41/h8,19-22,24-43,47-54H,7,9-18H2,1-6H3/t19-,20+,21-,22-,24-,25+,26-,27-,28+,29-,30+,31-,32-,33+,34+,35+,36+,37+,38-,39-,40-,41-,42-,43+,44-,45-/m0/s1. The maximum atomic E-state index is 12.0. The Hall–Kier alpha value is -0.860. The first-order valence-electron chi connectivity index (χ1n) is 23.2. The van der Waals surface area contributed by atoms with E-state index in [1.165, 1.54) is 58.1 Å². The van der Waals surface area contributed by atoms with Crippen LogP contribution in [-0.4, -0.2) is 169 Å². The average Bonchev–Trinajstić information content (AvgIpc) is 3.69. The fourth-order valence-electron chi connectivity index (χ4n) is 14.7. The Bertz CT molecular complexity index is 1570. The van der Waals surface area contributed by atoms with Crippen LogP contribution in [0.4, 0.5) is 0 Å². The summed E-state index contributed by atoms with van der Waals surface area (Å²) in [5.74, 6) is 4.26. The van der Waals surface area contributed by atoms with Gasteiger partial charge >= 0.3 is 0 Å². The molecule has 15 nitrogen and oxygen atoms in total. The van der Waals surface area contributed by atoms with Crippen molar-refractivity contribution in [2.75, 3.05) is 13.2 Å². The first-order chi connectivity index (χ1) is 28.5. The molecule has 8 N–H and O–H groups in total. The van der Waals surface area contributed by atoms with Crippen LogP contribution in [0.2, 0.25) is 0 Å².